The second-order valence-corrected chi connectivity index (χ2v) is 6.29. The summed E-state index contributed by atoms with van der Waals surface area (Å²) in [7, 11) is 0. The molecule has 0 aromatic heterocycles. The van der Waals surface area contributed by atoms with Crippen molar-refractivity contribution in [3.8, 4) is 0 Å². The number of carbonyl (C=O) groups excluding carboxylic acids is 3. The lowest BCUT2D eigenvalue weighted by molar-refractivity contribution is -0.132. The first-order valence-corrected chi connectivity index (χ1v) is 8.16. The molecule has 0 saturated carbocycles. The van der Waals surface area contributed by atoms with Crippen molar-refractivity contribution in [3.05, 3.63) is 0 Å². The highest BCUT2D eigenvalue weighted by molar-refractivity contribution is 7.98. The van der Waals surface area contributed by atoms with Crippen LogP contribution in [0.4, 0.5) is 4.79 Å². The Balaban J connectivity index is 2.53. The molecule has 1 heterocycles. The van der Waals surface area contributed by atoms with Crippen LogP contribution >= 0.6 is 11.8 Å². The molecule has 0 unspecified atom stereocenters. The van der Waals surface area contributed by atoms with Gasteiger partial charge in [0.05, 0.1) is 0 Å². The number of nitrogens with one attached hydrogen (secondary N) is 2. The number of carbonyl (C=O) groups is 3. The van der Waals surface area contributed by atoms with E-state index in [-0.39, 0.29) is 24.4 Å². The summed E-state index contributed by atoms with van der Waals surface area (Å²) >= 11 is 1.62. The molecule has 1 saturated heterocycles. The number of hydrogen-bond donors (Lipinski definition) is 2. The van der Waals surface area contributed by atoms with Gasteiger partial charge in [-0.25, -0.2) is 4.79 Å². The van der Waals surface area contributed by atoms with E-state index in [2.05, 4.69) is 10.6 Å². The predicted octanol–water partition coefficient (Wildman–Crippen LogP) is 0.821. The van der Waals surface area contributed by atoms with Gasteiger partial charge in [-0.2, -0.15) is 11.8 Å². The summed E-state index contributed by atoms with van der Waals surface area (Å²) in [6.07, 6.45) is 2.53. The van der Waals surface area contributed by atoms with Crippen molar-refractivity contribution in [2.24, 2.45) is 5.92 Å². The first-order chi connectivity index (χ1) is 9.36. The van der Waals surface area contributed by atoms with Crippen molar-refractivity contribution in [2.75, 3.05) is 18.6 Å². The molecule has 2 N–H and O–H groups in total. The van der Waals surface area contributed by atoms with Crippen LogP contribution in [0.3, 0.4) is 0 Å². The Morgan fingerprint density at radius 1 is 1.40 bits per heavy atom. The molecule has 0 bridgehead atoms. The molecular formula is C13H23N3O3S. The van der Waals surface area contributed by atoms with Gasteiger partial charge in [-0.3, -0.25) is 14.5 Å². The van der Waals surface area contributed by atoms with Crippen LogP contribution in [0, 0.1) is 5.92 Å². The smallest absolute Gasteiger partial charge is 0.325 e. The minimum absolute atomic E-state index is 0.00977. The zero-order valence-corrected chi connectivity index (χ0v) is 13.3. The maximum Gasteiger partial charge on any atom is 0.325 e. The lowest BCUT2D eigenvalue weighted by atomic mass is 10.1. The van der Waals surface area contributed by atoms with E-state index >= 15 is 0 Å². The fraction of sp³-hybridized carbons (Fsp3) is 0.769. The van der Waals surface area contributed by atoms with Gasteiger partial charge in [-0.1, -0.05) is 13.8 Å². The Hall–Kier alpha value is -1.24. The third-order valence-electron chi connectivity index (χ3n) is 3.41. The SMILES string of the molecule is CSCC[C@H]1NC(=O)N(CC(=O)N[C@H](C)C(C)C)C1=O. The van der Waals surface area contributed by atoms with Crippen molar-refractivity contribution < 1.29 is 14.4 Å². The topological polar surface area (TPSA) is 78.5 Å². The number of thioether (sulfide) groups is 1. The predicted molar refractivity (Wildman–Crippen MR) is 79.5 cm³/mol. The second kappa shape index (κ2) is 7.52. The third kappa shape index (κ3) is 4.40. The van der Waals surface area contributed by atoms with Gasteiger partial charge in [0.1, 0.15) is 12.6 Å². The lowest BCUT2D eigenvalue weighted by Crippen LogP contribution is -2.45. The molecule has 0 aromatic rings. The molecule has 1 aliphatic rings. The lowest BCUT2D eigenvalue weighted by Gasteiger charge is -2.19. The van der Waals surface area contributed by atoms with Crippen LogP contribution in [0.2, 0.25) is 0 Å². The summed E-state index contributed by atoms with van der Waals surface area (Å²) in [6, 6.07) is -0.964. The van der Waals surface area contributed by atoms with Crippen LogP contribution in [-0.2, 0) is 9.59 Å². The number of urea groups is 1. The second-order valence-electron chi connectivity index (χ2n) is 5.31. The highest BCUT2D eigenvalue weighted by Crippen LogP contribution is 2.11. The average molecular weight is 301 g/mol. The summed E-state index contributed by atoms with van der Waals surface area (Å²) in [5.74, 6) is 0.481. The molecule has 1 rings (SSSR count). The fourth-order valence-electron chi connectivity index (χ4n) is 1.77. The summed E-state index contributed by atoms with van der Waals surface area (Å²) in [6.45, 7) is 5.68. The van der Waals surface area contributed by atoms with E-state index in [9.17, 15) is 14.4 Å². The summed E-state index contributed by atoms with van der Waals surface area (Å²) in [5, 5.41) is 5.40. The quantitative estimate of drug-likeness (QED) is 0.682. The van der Waals surface area contributed by atoms with Crippen LogP contribution < -0.4 is 10.6 Å². The molecule has 0 aromatic carbocycles. The van der Waals surface area contributed by atoms with Gasteiger partial charge < -0.3 is 10.6 Å². The summed E-state index contributed by atoms with van der Waals surface area (Å²) in [4.78, 5) is 36.6. The van der Waals surface area contributed by atoms with Crippen LogP contribution in [0.25, 0.3) is 0 Å². The highest BCUT2D eigenvalue weighted by atomic mass is 32.2. The Morgan fingerprint density at radius 2 is 2.05 bits per heavy atom. The number of rotatable bonds is 7. The molecule has 0 aliphatic carbocycles. The molecule has 1 aliphatic heterocycles. The van der Waals surface area contributed by atoms with Gasteiger partial charge in [-0.15, -0.1) is 0 Å². The number of hydrogen-bond acceptors (Lipinski definition) is 4. The van der Waals surface area contributed by atoms with Gasteiger partial charge >= 0.3 is 6.03 Å². The van der Waals surface area contributed by atoms with Crippen LogP contribution in [0.5, 0.6) is 0 Å². The minimum Gasteiger partial charge on any atom is -0.352 e. The average Bonchev–Trinajstić information content (AvgIpc) is 2.63. The molecule has 114 valence electrons. The van der Waals surface area contributed by atoms with E-state index in [0.717, 1.165) is 10.7 Å². The Bertz CT molecular complexity index is 387. The molecule has 20 heavy (non-hydrogen) atoms. The van der Waals surface area contributed by atoms with Gasteiger partial charge in [0.15, 0.2) is 0 Å². The summed E-state index contributed by atoms with van der Waals surface area (Å²) < 4.78 is 0. The van der Waals surface area contributed by atoms with Crippen LogP contribution in [0.15, 0.2) is 0 Å². The molecule has 0 radical (unpaired) electrons. The van der Waals surface area contributed by atoms with Gasteiger partial charge in [0.2, 0.25) is 5.91 Å². The molecule has 1 fully saturated rings. The molecule has 7 heteroatoms. The molecule has 2 atom stereocenters. The van der Waals surface area contributed by atoms with Crippen molar-refractivity contribution >= 4 is 29.6 Å². The van der Waals surface area contributed by atoms with Crippen molar-refractivity contribution in [2.45, 2.75) is 39.3 Å². The zero-order valence-electron chi connectivity index (χ0n) is 12.4. The number of amides is 4. The van der Waals surface area contributed by atoms with Crippen molar-refractivity contribution in [3.63, 3.8) is 0 Å². The van der Waals surface area contributed by atoms with Crippen molar-refractivity contribution in [1.82, 2.24) is 15.5 Å². The van der Waals surface area contributed by atoms with E-state index in [1.807, 2.05) is 27.0 Å². The van der Waals surface area contributed by atoms with E-state index in [4.69, 9.17) is 0 Å². The molecule has 0 spiro atoms. The number of imide groups is 1. The standard InChI is InChI=1S/C13H23N3O3S/c1-8(2)9(3)14-11(17)7-16-12(18)10(5-6-20-4)15-13(16)19/h8-10H,5-7H2,1-4H3,(H,14,17)(H,15,19)/t9-,10-/m1/s1. The maximum atomic E-state index is 12.0. The Labute approximate surface area is 124 Å². The largest absolute Gasteiger partial charge is 0.352 e. The minimum atomic E-state index is -0.495. The Kier molecular flexibility index (Phi) is 6.32. The van der Waals surface area contributed by atoms with E-state index in [1.165, 1.54) is 0 Å². The van der Waals surface area contributed by atoms with Crippen LogP contribution in [-0.4, -0.2) is 53.4 Å². The van der Waals surface area contributed by atoms with Gasteiger partial charge in [0, 0.05) is 6.04 Å². The van der Waals surface area contributed by atoms with E-state index in [1.54, 1.807) is 11.8 Å². The van der Waals surface area contributed by atoms with Gasteiger partial charge in [-0.05, 0) is 31.3 Å². The van der Waals surface area contributed by atoms with Crippen LogP contribution in [0.1, 0.15) is 27.2 Å². The summed E-state index contributed by atoms with van der Waals surface area (Å²) in [5.41, 5.74) is 0. The maximum absolute atomic E-state index is 12.0. The van der Waals surface area contributed by atoms with E-state index in [0.29, 0.717) is 12.3 Å². The third-order valence-corrected chi connectivity index (χ3v) is 4.05. The van der Waals surface area contributed by atoms with E-state index < -0.39 is 12.1 Å². The number of nitrogens with zero attached hydrogens (tertiary/aromatic N) is 1. The first-order valence-electron chi connectivity index (χ1n) is 6.77. The monoisotopic (exact) mass is 301 g/mol. The molecule has 6 nitrogen and oxygen atoms in total. The Morgan fingerprint density at radius 3 is 2.60 bits per heavy atom. The highest BCUT2D eigenvalue weighted by Gasteiger charge is 2.38. The normalized spacial score (nSPS) is 20.2. The molecule has 4 amide bonds. The molecular weight excluding hydrogens is 278 g/mol. The fourth-order valence-corrected chi connectivity index (χ4v) is 2.24. The first kappa shape index (κ1) is 16.8. The van der Waals surface area contributed by atoms with Gasteiger partial charge in [0.25, 0.3) is 5.91 Å². The van der Waals surface area contributed by atoms with Crippen molar-refractivity contribution in [1.29, 1.82) is 0 Å². The zero-order chi connectivity index (χ0) is 15.3.